The summed E-state index contributed by atoms with van der Waals surface area (Å²) in [6.07, 6.45) is 3.65. The van der Waals surface area contributed by atoms with Crippen molar-refractivity contribution in [2.75, 3.05) is 18.5 Å². The third-order valence-electron chi connectivity index (χ3n) is 3.57. The van der Waals surface area contributed by atoms with Gasteiger partial charge in [-0.25, -0.2) is 14.1 Å². The van der Waals surface area contributed by atoms with E-state index in [1.807, 2.05) is 13.8 Å². The van der Waals surface area contributed by atoms with Crippen LogP contribution < -0.4 is 5.32 Å². The van der Waals surface area contributed by atoms with Gasteiger partial charge in [0.25, 0.3) is 0 Å². The molecule has 1 heterocycles. The molecular weight excluding hydrogens is 259 g/mol. The molecule has 0 amide bonds. The van der Waals surface area contributed by atoms with Crippen LogP contribution in [0.25, 0.3) is 5.69 Å². The Morgan fingerprint density at radius 3 is 2.80 bits per heavy atom. The molecule has 2 rings (SSSR count). The molecule has 0 bridgehead atoms. The van der Waals surface area contributed by atoms with Crippen LogP contribution in [0.4, 0.5) is 10.1 Å². The molecule has 2 aromatic rings. The van der Waals surface area contributed by atoms with E-state index in [0.29, 0.717) is 17.9 Å². The second-order valence-corrected chi connectivity index (χ2v) is 5.18. The van der Waals surface area contributed by atoms with E-state index in [0.717, 1.165) is 6.42 Å². The van der Waals surface area contributed by atoms with Gasteiger partial charge in [0.1, 0.15) is 18.3 Å². The molecule has 1 atom stereocenters. The molecule has 0 radical (unpaired) electrons. The van der Waals surface area contributed by atoms with E-state index in [1.54, 1.807) is 12.1 Å². The molecule has 20 heavy (non-hydrogen) atoms. The van der Waals surface area contributed by atoms with E-state index < -0.39 is 0 Å². The number of benzene rings is 1. The highest BCUT2D eigenvalue weighted by molar-refractivity contribution is 5.49. The second-order valence-electron chi connectivity index (χ2n) is 5.18. The topological polar surface area (TPSA) is 63.0 Å². The SMILES string of the molecule is CCC(C)(CO)CNc1ccc(-n2cncn2)c(F)c1. The lowest BCUT2D eigenvalue weighted by atomic mass is 9.88. The minimum absolute atomic E-state index is 0.0933. The highest BCUT2D eigenvalue weighted by Crippen LogP contribution is 2.22. The maximum Gasteiger partial charge on any atom is 0.150 e. The first-order valence-electron chi connectivity index (χ1n) is 6.57. The quantitative estimate of drug-likeness (QED) is 0.850. The maximum atomic E-state index is 14.0. The zero-order valence-electron chi connectivity index (χ0n) is 11.7. The zero-order valence-corrected chi connectivity index (χ0v) is 11.7. The van der Waals surface area contributed by atoms with E-state index in [1.165, 1.54) is 23.4 Å². The van der Waals surface area contributed by atoms with Gasteiger partial charge in [0.2, 0.25) is 0 Å². The van der Waals surface area contributed by atoms with E-state index in [2.05, 4.69) is 15.4 Å². The molecule has 0 saturated heterocycles. The average Bonchev–Trinajstić information content (AvgIpc) is 2.99. The van der Waals surface area contributed by atoms with Gasteiger partial charge >= 0.3 is 0 Å². The molecule has 1 aromatic carbocycles. The van der Waals surface area contributed by atoms with Crippen LogP contribution in [0.15, 0.2) is 30.9 Å². The molecule has 0 aliphatic heterocycles. The van der Waals surface area contributed by atoms with E-state index in [4.69, 9.17) is 0 Å². The molecular formula is C14H19FN4O. The first kappa shape index (κ1) is 14.5. The lowest BCUT2D eigenvalue weighted by Crippen LogP contribution is -2.29. The Bertz CT molecular complexity index is 552. The minimum Gasteiger partial charge on any atom is -0.396 e. The number of hydrogen-bond acceptors (Lipinski definition) is 4. The maximum absolute atomic E-state index is 14.0. The third-order valence-corrected chi connectivity index (χ3v) is 3.57. The number of rotatable bonds is 6. The predicted octanol–water partition coefficient (Wildman–Crippen LogP) is 2.23. The molecule has 1 unspecified atom stereocenters. The van der Waals surface area contributed by atoms with Gasteiger partial charge in [-0.3, -0.25) is 0 Å². The molecule has 1 aromatic heterocycles. The normalized spacial score (nSPS) is 14.0. The number of anilines is 1. The van der Waals surface area contributed by atoms with Crippen molar-refractivity contribution in [1.82, 2.24) is 14.8 Å². The third kappa shape index (κ3) is 3.14. The van der Waals surface area contributed by atoms with E-state index in [-0.39, 0.29) is 17.8 Å². The Labute approximate surface area is 117 Å². The molecule has 0 aliphatic rings. The van der Waals surface area contributed by atoms with E-state index in [9.17, 15) is 9.50 Å². The summed E-state index contributed by atoms with van der Waals surface area (Å²) < 4.78 is 15.4. The summed E-state index contributed by atoms with van der Waals surface area (Å²) in [4.78, 5) is 3.79. The number of aliphatic hydroxyl groups excluding tert-OH is 1. The van der Waals surface area contributed by atoms with Gasteiger partial charge in [-0.2, -0.15) is 5.10 Å². The van der Waals surface area contributed by atoms with Gasteiger partial charge in [0.15, 0.2) is 5.82 Å². The number of hydrogen-bond donors (Lipinski definition) is 2. The Hall–Kier alpha value is -1.95. The standard InChI is InChI=1S/C14H19FN4O/c1-3-14(2,8-20)7-17-11-4-5-13(12(15)6-11)19-10-16-9-18-19/h4-6,9-10,17,20H,3,7-8H2,1-2H3. The number of halogens is 1. The van der Waals surface area contributed by atoms with Gasteiger partial charge in [0, 0.05) is 17.6 Å². The van der Waals surface area contributed by atoms with Crippen LogP contribution in [0.1, 0.15) is 20.3 Å². The monoisotopic (exact) mass is 278 g/mol. The first-order valence-corrected chi connectivity index (χ1v) is 6.57. The van der Waals surface area contributed by atoms with Crippen LogP contribution in [-0.4, -0.2) is 33.0 Å². The number of aliphatic hydroxyl groups is 1. The first-order chi connectivity index (χ1) is 9.58. The second kappa shape index (κ2) is 6.00. The fraction of sp³-hybridized carbons (Fsp3) is 0.429. The molecule has 2 N–H and O–H groups in total. The zero-order chi connectivity index (χ0) is 14.6. The number of nitrogens with one attached hydrogen (secondary N) is 1. The van der Waals surface area contributed by atoms with Crippen molar-refractivity contribution in [3.05, 3.63) is 36.7 Å². The fourth-order valence-electron chi connectivity index (χ4n) is 1.74. The van der Waals surface area contributed by atoms with Crippen molar-refractivity contribution >= 4 is 5.69 Å². The summed E-state index contributed by atoms with van der Waals surface area (Å²) in [5.41, 5.74) is 0.828. The fourth-order valence-corrected chi connectivity index (χ4v) is 1.74. The Morgan fingerprint density at radius 1 is 1.45 bits per heavy atom. The largest absolute Gasteiger partial charge is 0.396 e. The summed E-state index contributed by atoms with van der Waals surface area (Å²) in [6, 6.07) is 4.85. The van der Waals surface area contributed by atoms with Crippen molar-refractivity contribution in [1.29, 1.82) is 0 Å². The summed E-state index contributed by atoms with van der Waals surface area (Å²) in [5.74, 6) is -0.372. The van der Waals surface area contributed by atoms with Gasteiger partial charge in [-0.05, 0) is 24.6 Å². The van der Waals surface area contributed by atoms with Gasteiger partial charge in [0.05, 0.1) is 6.61 Å². The smallest absolute Gasteiger partial charge is 0.150 e. The molecule has 5 nitrogen and oxygen atoms in total. The van der Waals surface area contributed by atoms with Crippen LogP contribution >= 0.6 is 0 Å². The Kier molecular flexibility index (Phi) is 4.34. The summed E-state index contributed by atoms with van der Waals surface area (Å²) in [6.45, 7) is 4.69. The van der Waals surface area contributed by atoms with Crippen molar-refractivity contribution < 1.29 is 9.50 Å². The summed E-state index contributed by atoms with van der Waals surface area (Å²) >= 11 is 0. The molecule has 108 valence electrons. The lowest BCUT2D eigenvalue weighted by Gasteiger charge is -2.26. The van der Waals surface area contributed by atoms with Gasteiger partial charge < -0.3 is 10.4 Å². The summed E-state index contributed by atoms with van der Waals surface area (Å²) in [7, 11) is 0. The van der Waals surface area contributed by atoms with Crippen molar-refractivity contribution in [3.63, 3.8) is 0 Å². The van der Waals surface area contributed by atoms with E-state index >= 15 is 0 Å². The average molecular weight is 278 g/mol. The molecule has 0 spiro atoms. The Morgan fingerprint density at radius 2 is 2.25 bits per heavy atom. The highest BCUT2D eigenvalue weighted by Gasteiger charge is 2.20. The molecule has 0 aliphatic carbocycles. The molecule has 6 heteroatoms. The van der Waals surface area contributed by atoms with Crippen LogP contribution in [0.3, 0.4) is 0 Å². The number of nitrogens with zero attached hydrogens (tertiary/aromatic N) is 3. The predicted molar refractivity (Wildman–Crippen MR) is 75.3 cm³/mol. The van der Waals surface area contributed by atoms with Gasteiger partial charge in [-0.1, -0.05) is 13.8 Å². The molecule has 0 saturated carbocycles. The van der Waals surface area contributed by atoms with Gasteiger partial charge in [-0.15, -0.1) is 0 Å². The van der Waals surface area contributed by atoms with Crippen molar-refractivity contribution in [2.45, 2.75) is 20.3 Å². The van der Waals surface area contributed by atoms with Crippen LogP contribution in [0.5, 0.6) is 0 Å². The van der Waals surface area contributed by atoms with Crippen molar-refractivity contribution in [2.24, 2.45) is 5.41 Å². The Balaban J connectivity index is 2.10. The lowest BCUT2D eigenvalue weighted by molar-refractivity contribution is 0.149. The van der Waals surface area contributed by atoms with Crippen LogP contribution in [0, 0.1) is 11.2 Å². The summed E-state index contributed by atoms with van der Waals surface area (Å²) in [5, 5.41) is 16.4. The van der Waals surface area contributed by atoms with Crippen LogP contribution in [0.2, 0.25) is 0 Å². The molecule has 0 fully saturated rings. The highest BCUT2D eigenvalue weighted by atomic mass is 19.1. The van der Waals surface area contributed by atoms with Crippen molar-refractivity contribution in [3.8, 4) is 5.69 Å². The number of aromatic nitrogens is 3. The van der Waals surface area contributed by atoms with Crippen LogP contribution in [-0.2, 0) is 0 Å². The minimum atomic E-state index is -0.372.